The Hall–Kier alpha value is -1.55. The maximum absolute atomic E-state index is 11.9. The second kappa shape index (κ2) is 5.40. The molecule has 2 rings (SSSR count). The van der Waals surface area contributed by atoms with Crippen LogP contribution in [0.5, 0.6) is 0 Å². The predicted molar refractivity (Wildman–Crippen MR) is 73.6 cm³/mol. The average Bonchev–Trinajstić information content (AvgIpc) is 2.39. The summed E-state index contributed by atoms with van der Waals surface area (Å²) in [7, 11) is 3.57. The predicted octanol–water partition coefficient (Wildman–Crippen LogP) is 0.855. The van der Waals surface area contributed by atoms with Gasteiger partial charge in [-0.15, -0.1) is 0 Å². The number of nitrogens with zero attached hydrogens (tertiary/aromatic N) is 2. The molecule has 0 bridgehead atoms. The highest BCUT2D eigenvalue weighted by atomic mass is 16.2. The van der Waals surface area contributed by atoms with Crippen molar-refractivity contribution in [2.45, 2.75) is 18.9 Å². The van der Waals surface area contributed by atoms with E-state index in [0.717, 1.165) is 18.5 Å². The lowest BCUT2D eigenvalue weighted by molar-refractivity contribution is -0.127. The highest BCUT2D eigenvalue weighted by Gasteiger charge is 2.26. The van der Waals surface area contributed by atoms with Gasteiger partial charge in [0.25, 0.3) is 0 Å². The molecule has 1 amide bonds. The third-order valence-electron chi connectivity index (χ3n) is 3.57. The number of hydrogen-bond donors (Lipinski definition) is 1. The Bertz CT molecular complexity index is 431. The van der Waals surface area contributed by atoms with Crippen LogP contribution in [0.2, 0.25) is 0 Å². The standard InChI is InChI=1S/C14H21N3O/c1-16(2)14(18)10-17-12(9-15)8-7-11-5-3-4-6-13(11)17/h3-6,12H,7-10,15H2,1-2H3. The van der Waals surface area contributed by atoms with Crippen molar-refractivity contribution in [2.75, 3.05) is 32.1 Å². The Balaban J connectivity index is 2.26. The first-order valence-electron chi connectivity index (χ1n) is 6.38. The van der Waals surface area contributed by atoms with Gasteiger partial charge in [0.15, 0.2) is 0 Å². The molecule has 98 valence electrons. The molecule has 0 spiro atoms. The number of anilines is 1. The van der Waals surface area contributed by atoms with Crippen molar-refractivity contribution >= 4 is 11.6 Å². The Labute approximate surface area is 108 Å². The molecule has 1 aromatic rings. The summed E-state index contributed by atoms with van der Waals surface area (Å²) in [6.45, 7) is 1.00. The van der Waals surface area contributed by atoms with E-state index in [1.807, 2.05) is 12.1 Å². The Morgan fingerprint density at radius 2 is 2.17 bits per heavy atom. The van der Waals surface area contributed by atoms with Gasteiger partial charge >= 0.3 is 0 Å². The number of para-hydroxylation sites is 1. The van der Waals surface area contributed by atoms with Crippen molar-refractivity contribution < 1.29 is 4.79 Å². The van der Waals surface area contributed by atoms with E-state index in [2.05, 4.69) is 17.0 Å². The number of hydrogen-bond acceptors (Lipinski definition) is 3. The maximum Gasteiger partial charge on any atom is 0.241 e. The Morgan fingerprint density at radius 3 is 2.83 bits per heavy atom. The van der Waals surface area contributed by atoms with E-state index in [1.54, 1.807) is 19.0 Å². The molecule has 1 unspecified atom stereocenters. The fourth-order valence-electron chi connectivity index (χ4n) is 2.42. The summed E-state index contributed by atoms with van der Waals surface area (Å²) in [4.78, 5) is 15.7. The number of benzene rings is 1. The maximum atomic E-state index is 11.9. The summed E-state index contributed by atoms with van der Waals surface area (Å²) in [5.74, 6) is 0.116. The zero-order valence-corrected chi connectivity index (χ0v) is 11.1. The number of rotatable bonds is 3. The molecule has 0 fully saturated rings. The minimum atomic E-state index is 0.116. The van der Waals surface area contributed by atoms with Gasteiger partial charge in [-0.3, -0.25) is 4.79 Å². The molecule has 4 heteroatoms. The molecule has 0 aliphatic carbocycles. The van der Waals surface area contributed by atoms with Gasteiger partial charge in [-0.05, 0) is 24.5 Å². The number of likely N-dealkylation sites (N-methyl/N-ethyl adjacent to an activating group) is 1. The average molecular weight is 247 g/mol. The van der Waals surface area contributed by atoms with Crippen molar-refractivity contribution in [1.29, 1.82) is 0 Å². The molecule has 2 N–H and O–H groups in total. The zero-order valence-electron chi connectivity index (χ0n) is 11.1. The largest absolute Gasteiger partial charge is 0.358 e. The number of amides is 1. The number of nitrogens with two attached hydrogens (primary N) is 1. The fourth-order valence-corrected chi connectivity index (χ4v) is 2.42. The van der Waals surface area contributed by atoms with Gasteiger partial charge in [0, 0.05) is 32.4 Å². The first-order chi connectivity index (χ1) is 8.63. The number of carbonyl (C=O) groups excluding carboxylic acids is 1. The summed E-state index contributed by atoms with van der Waals surface area (Å²) in [6, 6.07) is 8.55. The van der Waals surface area contributed by atoms with Gasteiger partial charge in [-0.1, -0.05) is 18.2 Å². The molecule has 1 aliphatic rings. The highest BCUT2D eigenvalue weighted by molar-refractivity contribution is 5.81. The summed E-state index contributed by atoms with van der Waals surface area (Å²) in [5, 5.41) is 0. The second-order valence-corrected chi connectivity index (χ2v) is 4.97. The molecule has 1 aromatic carbocycles. The Morgan fingerprint density at radius 1 is 1.44 bits per heavy atom. The van der Waals surface area contributed by atoms with Gasteiger partial charge in [0.05, 0.1) is 6.54 Å². The number of aryl methyl sites for hydroxylation is 1. The van der Waals surface area contributed by atoms with E-state index in [4.69, 9.17) is 5.73 Å². The van der Waals surface area contributed by atoms with Crippen LogP contribution in [0.4, 0.5) is 5.69 Å². The van der Waals surface area contributed by atoms with Crippen LogP contribution in [0, 0.1) is 0 Å². The molecule has 1 heterocycles. The molecule has 1 aliphatic heterocycles. The van der Waals surface area contributed by atoms with E-state index in [-0.39, 0.29) is 11.9 Å². The van der Waals surface area contributed by atoms with E-state index in [9.17, 15) is 4.79 Å². The molecule has 0 aromatic heterocycles. The van der Waals surface area contributed by atoms with Crippen molar-refractivity contribution in [3.63, 3.8) is 0 Å². The van der Waals surface area contributed by atoms with Gasteiger partial charge in [0.1, 0.15) is 0 Å². The van der Waals surface area contributed by atoms with Crippen LogP contribution in [0.25, 0.3) is 0 Å². The van der Waals surface area contributed by atoms with Crippen LogP contribution in [0.1, 0.15) is 12.0 Å². The normalized spacial score (nSPS) is 18.4. The smallest absolute Gasteiger partial charge is 0.241 e. The summed E-state index contributed by atoms with van der Waals surface area (Å²) >= 11 is 0. The van der Waals surface area contributed by atoms with Crippen molar-refractivity contribution in [3.05, 3.63) is 29.8 Å². The van der Waals surface area contributed by atoms with E-state index < -0.39 is 0 Å². The molecular formula is C14H21N3O. The second-order valence-electron chi connectivity index (χ2n) is 4.97. The van der Waals surface area contributed by atoms with Crippen LogP contribution < -0.4 is 10.6 Å². The quantitative estimate of drug-likeness (QED) is 0.861. The number of carbonyl (C=O) groups is 1. The first-order valence-corrected chi connectivity index (χ1v) is 6.38. The van der Waals surface area contributed by atoms with Gasteiger partial charge in [0.2, 0.25) is 5.91 Å². The summed E-state index contributed by atoms with van der Waals surface area (Å²) in [5.41, 5.74) is 8.31. The highest BCUT2D eigenvalue weighted by Crippen LogP contribution is 2.29. The lowest BCUT2D eigenvalue weighted by Gasteiger charge is -2.38. The number of fused-ring (bicyclic) bond motifs is 1. The molecule has 4 nitrogen and oxygen atoms in total. The first kappa shape index (κ1) is 12.9. The third kappa shape index (κ3) is 2.48. The van der Waals surface area contributed by atoms with Gasteiger partial charge < -0.3 is 15.5 Å². The van der Waals surface area contributed by atoms with Gasteiger partial charge in [-0.2, -0.15) is 0 Å². The summed E-state index contributed by atoms with van der Waals surface area (Å²) in [6.07, 6.45) is 2.07. The lowest BCUT2D eigenvalue weighted by Crippen LogP contribution is -2.48. The zero-order chi connectivity index (χ0) is 13.1. The molecule has 0 saturated carbocycles. The van der Waals surface area contributed by atoms with Crippen LogP contribution in [-0.4, -0.2) is 44.0 Å². The minimum Gasteiger partial charge on any atom is -0.358 e. The Kier molecular flexibility index (Phi) is 3.87. The van der Waals surface area contributed by atoms with Crippen LogP contribution in [0.3, 0.4) is 0 Å². The van der Waals surface area contributed by atoms with Crippen LogP contribution >= 0.6 is 0 Å². The lowest BCUT2D eigenvalue weighted by atomic mass is 9.95. The molecule has 1 atom stereocenters. The van der Waals surface area contributed by atoms with E-state index in [0.29, 0.717) is 13.1 Å². The molecular weight excluding hydrogens is 226 g/mol. The summed E-state index contributed by atoms with van der Waals surface area (Å²) < 4.78 is 0. The molecule has 18 heavy (non-hydrogen) atoms. The SMILES string of the molecule is CN(C)C(=O)CN1c2ccccc2CCC1CN. The molecule has 0 radical (unpaired) electrons. The van der Waals surface area contributed by atoms with Crippen molar-refractivity contribution in [1.82, 2.24) is 4.90 Å². The topological polar surface area (TPSA) is 49.6 Å². The monoisotopic (exact) mass is 247 g/mol. The fraction of sp³-hybridized carbons (Fsp3) is 0.500. The third-order valence-corrected chi connectivity index (χ3v) is 3.57. The van der Waals surface area contributed by atoms with Crippen LogP contribution in [0.15, 0.2) is 24.3 Å². The molecule has 0 saturated heterocycles. The van der Waals surface area contributed by atoms with E-state index >= 15 is 0 Å². The van der Waals surface area contributed by atoms with E-state index in [1.165, 1.54) is 5.56 Å². The minimum absolute atomic E-state index is 0.116. The van der Waals surface area contributed by atoms with Crippen molar-refractivity contribution in [2.24, 2.45) is 5.73 Å². The van der Waals surface area contributed by atoms with Crippen LogP contribution in [-0.2, 0) is 11.2 Å². The van der Waals surface area contributed by atoms with Crippen molar-refractivity contribution in [3.8, 4) is 0 Å². The van der Waals surface area contributed by atoms with Gasteiger partial charge in [-0.25, -0.2) is 0 Å².